The van der Waals surface area contributed by atoms with Gasteiger partial charge >= 0.3 is 0 Å². The first kappa shape index (κ1) is 21.4. The van der Waals surface area contributed by atoms with Crippen molar-refractivity contribution in [3.05, 3.63) is 45.1 Å². The number of fused-ring (bicyclic) bond motifs is 3. The highest BCUT2D eigenvalue weighted by Crippen LogP contribution is 2.36. The van der Waals surface area contributed by atoms with Gasteiger partial charge in [0.05, 0.1) is 29.9 Å². The molecule has 4 rings (SSSR count). The topological polar surface area (TPSA) is 73.6 Å². The molecule has 2 heterocycles. The van der Waals surface area contributed by atoms with Gasteiger partial charge in [-0.25, -0.2) is 4.98 Å². The van der Waals surface area contributed by atoms with Crippen molar-refractivity contribution in [3.8, 4) is 11.4 Å². The fraction of sp³-hybridized carbons (Fsp3) is 0.455. The van der Waals surface area contributed by atoms with E-state index in [9.17, 15) is 9.90 Å². The second kappa shape index (κ2) is 8.70. The Morgan fingerprint density at radius 2 is 2.07 bits per heavy atom. The summed E-state index contributed by atoms with van der Waals surface area (Å²) in [6.07, 6.45) is 3.05. The maximum atomic E-state index is 13.6. The fourth-order valence-electron chi connectivity index (χ4n) is 3.78. The molecule has 1 aliphatic carbocycles. The first-order valence-corrected chi connectivity index (χ1v) is 11.9. The molecule has 0 spiro atoms. The lowest BCUT2D eigenvalue weighted by Gasteiger charge is -2.22. The average molecular weight is 447 g/mol. The monoisotopic (exact) mass is 446 g/mol. The molecule has 1 aliphatic rings. The number of thioether (sulfide) groups is 1. The molecule has 1 atom stereocenters. The average Bonchev–Trinajstić information content (AvgIpc) is 3.28. The predicted molar refractivity (Wildman–Crippen MR) is 122 cm³/mol. The molecule has 1 aromatic carbocycles. The van der Waals surface area contributed by atoms with Crippen LogP contribution in [-0.4, -0.2) is 46.3 Å². The third-order valence-electron chi connectivity index (χ3n) is 5.08. The van der Waals surface area contributed by atoms with Crippen molar-refractivity contribution in [1.29, 1.82) is 0 Å². The van der Waals surface area contributed by atoms with E-state index in [-0.39, 0.29) is 12.2 Å². The van der Waals surface area contributed by atoms with Gasteiger partial charge in [-0.1, -0.05) is 11.8 Å². The molecule has 0 fully saturated rings. The standard InChI is InChI=1S/C22H26N2O4S2/c1-4-28-15-10-8-14(9-11-15)24-20(25)18-16-6-5-7-17(16)30-19(18)23-21(24)29-13-22(2,26)12-27-3/h8-11,26H,4-7,12-13H2,1-3H3. The molecule has 160 valence electrons. The number of rotatable bonds is 8. The third kappa shape index (κ3) is 4.14. The van der Waals surface area contributed by atoms with E-state index in [1.807, 2.05) is 31.2 Å². The maximum absolute atomic E-state index is 13.6. The lowest BCUT2D eigenvalue weighted by molar-refractivity contribution is 0.00173. The Morgan fingerprint density at radius 1 is 1.30 bits per heavy atom. The summed E-state index contributed by atoms with van der Waals surface area (Å²) in [5.74, 6) is 1.12. The fourth-order valence-corrected chi connectivity index (χ4v) is 6.09. The van der Waals surface area contributed by atoms with Gasteiger partial charge in [0.15, 0.2) is 5.16 Å². The minimum Gasteiger partial charge on any atom is -0.494 e. The molecule has 8 heteroatoms. The zero-order valence-corrected chi connectivity index (χ0v) is 19.1. The summed E-state index contributed by atoms with van der Waals surface area (Å²) >= 11 is 3.00. The number of aliphatic hydroxyl groups is 1. The van der Waals surface area contributed by atoms with E-state index in [0.29, 0.717) is 17.5 Å². The van der Waals surface area contributed by atoms with Crippen LogP contribution in [0.25, 0.3) is 15.9 Å². The van der Waals surface area contributed by atoms with Crippen molar-refractivity contribution >= 4 is 33.3 Å². The van der Waals surface area contributed by atoms with Crippen molar-refractivity contribution in [2.45, 2.75) is 43.9 Å². The smallest absolute Gasteiger partial charge is 0.267 e. The zero-order valence-electron chi connectivity index (χ0n) is 17.4. The van der Waals surface area contributed by atoms with Gasteiger partial charge in [0, 0.05) is 17.7 Å². The van der Waals surface area contributed by atoms with Crippen molar-refractivity contribution in [2.75, 3.05) is 26.1 Å². The van der Waals surface area contributed by atoms with Crippen LogP contribution in [0.4, 0.5) is 0 Å². The number of hydrogen-bond acceptors (Lipinski definition) is 7. The molecule has 0 aliphatic heterocycles. The van der Waals surface area contributed by atoms with Crippen LogP contribution in [0.15, 0.2) is 34.2 Å². The van der Waals surface area contributed by atoms with Crippen molar-refractivity contribution in [2.24, 2.45) is 0 Å². The van der Waals surface area contributed by atoms with Crippen LogP contribution in [0.3, 0.4) is 0 Å². The Bertz CT molecular complexity index is 1100. The van der Waals surface area contributed by atoms with Gasteiger partial charge in [-0.05, 0) is 62.9 Å². The summed E-state index contributed by atoms with van der Waals surface area (Å²) in [7, 11) is 1.56. The molecular weight excluding hydrogens is 420 g/mol. The van der Waals surface area contributed by atoms with E-state index >= 15 is 0 Å². The minimum absolute atomic E-state index is 0.0440. The van der Waals surface area contributed by atoms with Crippen molar-refractivity contribution in [1.82, 2.24) is 9.55 Å². The zero-order chi connectivity index (χ0) is 21.3. The highest BCUT2D eigenvalue weighted by molar-refractivity contribution is 7.99. The summed E-state index contributed by atoms with van der Waals surface area (Å²) in [5.41, 5.74) is 0.838. The Morgan fingerprint density at radius 3 is 2.77 bits per heavy atom. The number of benzene rings is 1. The molecule has 0 saturated carbocycles. The van der Waals surface area contributed by atoms with Crippen molar-refractivity contribution in [3.63, 3.8) is 0 Å². The van der Waals surface area contributed by atoms with Gasteiger partial charge < -0.3 is 14.6 Å². The van der Waals surface area contributed by atoms with Gasteiger partial charge in [0.25, 0.3) is 5.56 Å². The van der Waals surface area contributed by atoms with Gasteiger partial charge in [-0.3, -0.25) is 9.36 Å². The first-order chi connectivity index (χ1) is 14.4. The Labute approximate surface area is 183 Å². The van der Waals surface area contributed by atoms with Crippen LogP contribution >= 0.6 is 23.1 Å². The quantitative estimate of drug-likeness (QED) is 0.419. The SMILES string of the molecule is CCOc1ccc(-n2c(SCC(C)(O)COC)nc3sc4c(c3c2=O)CCC4)cc1. The van der Waals surface area contributed by atoms with Gasteiger partial charge in [-0.2, -0.15) is 0 Å². The highest BCUT2D eigenvalue weighted by Gasteiger charge is 2.26. The molecule has 0 saturated heterocycles. The van der Waals surface area contributed by atoms with E-state index < -0.39 is 5.60 Å². The van der Waals surface area contributed by atoms with Crippen LogP contribution < -0.4 is 10.3 Å². The molecule has 0 amide bonds. The lowest BCUT2D eigenvalue weighted by Crippen LogP contribution is -2.33. The second-order valence-corrected chi connectivity index (χ2v) is 9.74. The molecule has 1 N–H and O–H groups in total. The van der Waals surface area contributed by atoms with Gasteiger partial charge in [0.1, 0.15) is 10.6 Å². The van der Waals surface area contributed by atoms with E-state index in [2.05, 4.69) is 0 Å². The Kier molecular flexibility index (Phi) is 6.20. The minimum atomic E-state index is -1.02. The molecule has 30 heavy (non-hydrogen) atoms. The van der Waals surface area contributed by atoms with Gasteiger partial charge in [-0.15, -0.1) is 11.3 Å². The number of aryl methyl sites for hydroxylation is 2. The molecule has 1 unspecified atom stereocenters. The van der Waals surface area contributed by atoms with Crippen LogP contribution in [-0.2, 0) is 17.6 Å². The number of hydrogen-bond donors (Lipinski definition) is 1. The van der Waals surface area contributed by atoms with Crippen molar-refractivity contribution < 1.29 is 14.6 Å². The molecule has 0 radical (unpaired) electrons. The van der Waals surface area contributed by atoms with E-state index in [4.69, 9.17) is 14.5 Å². The van der Waals surface area contributed by atoms with Crippen LogP contribution in [0.2, 0.25) is 0 Å². The van der Waals surface area contributed by atoms with Gasteiger partial charge in [0.2, 0.25) is 0 Å². The molecule has 6 nitrogen and oxygen atoms in total. The van der Waals surface area contributed by atoms with Crippen LogP contribution in [0.5, 0.6) is 5.75 Å². The molecular formula is C22H26N2O4S2. The number of ether oxygens (including phenoxy) is 2. The van der Waals surface area contributed by atoms with E-state index in [0.717, 1.165) is 46.5 Å². The summed E-state index contributed by atoms with van der Waals surface area (Å²) in [6, 6.07) is 7.49. The summed E-state index contributed by atoms with van der Waals surface area (Å²) in [5, 5.41) is 11.9. The Balaban J connectivity index is 1.82. The first-order valence-electron chi connectivity index (χ1n) is 10.1. The largest absolute Gasteiger partial charge is 0.494 e. The van der Waals surface area contributed by atoms with E-state index in [1.165, 1.54) is 16.6 Å². The second-order valence-electron chi connectivity index (χ2n) is 7.72. The maximum Gasteiger partial charge on any atom is 0.267 e. The molecule has 0 bridgehead atoms. The normalized spacial score (nSPS) is 15.3. The highest BCUT2D eigenvalue weighted by atomic mass is 32.2. The number of aromatic nitrogens is 2. The van der Waals surface area contributed by atoms with Crippen LogP contribution in [0.1, 0.15) is 30.7 Å². The number of thiophene rings is 1. The third-order valence-corrected chi connectivity index (χ3v) is 7.57. The van der Waals surface area contributed by atoms with Crippen LogP contribution in [0, 0.1) is 0 Å². The van der Waals surface area contributed by atoms with E-state index in [1.54, 1.807) is 29.9 Å². The summed E-state index contributed by atoms with van der Waals surface area (Å²) < 4.78 is 12.3. The lowest BCUT2D eigenvalue weighted by atomic mass is 10.2. The number of nitrogens with zero attached hydrogens (tertiary/aromatic N) is 2. The summed E-state index contributed by atoms with van der Waals surface area (Å²) in [6.45, 7) is 4.46. The molecule has 2 aromatic heterocycles. The Hall–Kier alpha value is -1.87. The summed E-state index contributed by atoms with van der Waals surface area (Å²) in [4.78, 5) is 20.6. The predicted octanol–water partition coefficient (Wildman–Crippen LogP) is 3.82. The molecule has 3 aromatic rings. The number of methoxy groups -OCH3 is 1.